The number of anilines is 1. The van der Waals surface area contributed by atoms with E-state index in [9.17, 15) is 14.4 Å². The van der Waals surface area contributed by atoms with E-state index in [4.69, 9.17) is 14.2 Å². The molecule has 0 bridgehead atoms. The Labute approximate surface area is 207 Å². The van der Waals surface area contributed by atoms with Crippen LogP contribution >= 0.6 is 0 Å². The summed E-state index contributed by atoms with van der Waals surface area (Å²) in [5.74, 6) is 0.154. The first-order valence-electron chi connectivity index (χ1n) is 11.8. The normalized spacial score (nSPS) is 12.2. The molecule has 0 aliphatic heterocycles. The lowest BCUT2D eigenvalue weighted by atomic mass is 9.95. The third-order valence-corrected chi connectivity index (χ3v) is 4.91. The molecule has 0 spiro atoms. The SMILES string of the molecule is CCCOc1ccc(/C=C/C(=O)OC(C)C(=O)c2ccc(NC(=O)C(C)(C)C)cc2)cc1OCC. The van der Waals surface area contributed by atoms with Gasteiger partial charge in [-0.2, -0.15) is 0 Å². The van der Waals surface area contributed by atoms with Crippen LogP contribution in [0.15, 0.2) is 48.5 Å². The molecule has 0 radical (unpaired) electrons. The molecule has 0 aliphatic carbocycles. The summed E-state index contributed by atoms with van der Waals surface area (Å²) in [6.45, 7) is 12.0. The fraction of sp³-hybridized carbons (Fsp3) is 0.393. The van der Waals surface area contributed by atoms with Gasteiger partial charge in [0.25, 0.3) is 0 Å². The quantitative estimate of drug-likeness (QED) is 0.252. The monoisotopic (exact) mass is 481 g/mol. The number of Topliss-reactive ketones (excluding diaryl/α,β-unsaturated/α-hetero) is 1. The van der Waals surface area contributed by atoms with Gasteiger partial charge in [0, 0.05) is 22.7 Å². The van der Waals surface area contributed by atoms with Crippen molar-refractivity contribution in [3.05, 3.63) is 59.7 Å². The summed E-state index contributed by atoms with van der Waals surface area (Å²) in [6.07, 6.45) is 2.78. The number of carbonyl (C=O) groups excluding carboxylic acids is 3. The van der Waals surface area contributed by atoms with Crippen LogP contribution in [-0.4, -0.2) is 37.0 Å². The lowest BCUT2D eigenvalue weighted by Gasteiger charge is -2.18. The Bertz CT molecular complexity index is 1050. The molecule has 1 amide bonds. The molecule has 0 saturated heterocycles. The van der Waals surface area contributed by atoms with Crippen LogP contribution in [0.1, 0.15) is 63.9 Å². The van der Waals surface area contributed by atoms with E-state index < -0.39 is 17.5 Å². The molecule has 0 aromatic heterocycles. The van der Waals surface area contributed by atoms with Gasteiger partial charge in [0.1, 0.15) is 0 Å². The zero-order chi connectivity index (χ0) is 26.0. The maximum atomic E-state index is 12.7. The Morgan fingerprint density at radius 2 is 1.66 bits per heavy atom. The number of ether oxygens (including phenoxy) is 3. The summed E-state index contributed by atoms with van der Waals surface area (Å²) in [7, 11) is 0. The van der Waals surface area contributed by atoms with E-state index in [2.05, 4.69) is 5.32 Å². The van der Waals surface area contributed by atoms with Crippen molar-refractivity contribution in [3.63, 3.8) is 0 Å². The van der Waals surface area contributed by atoms with E-state index >= 15 is 0 Å². The largest absolute Gasteiger partial charge is 0.490 e. The van der Waals surface area contributed by atoms with Gasteiger partial charge in [0.05, 0.1) is 13.2 Å². The van der Waals surface area contributed by atoms with Gasteiger partial charge in [0.2, 0.25) is 11.7 Å². The van der Waals surface area contributed by atoms with Crippen molar-refractivity contribution < 1.29 is 28.6 Å². The molecule has 2 aromatic carbocycles. The van der Waals surface area contributed by atoms with Crippen molar-refractivity contribution in [2.75, 3.05) is 18.5 Å². The molecule has 0 aliphatic rings. The van der Waals surface area contributed by atoms with E-state index in [1.54, 1.807) is 42.5 Å². The van der Waals surface area contributed by atoms with Crippen molar-refractivity contribution in [2.45, 2.75) is 54.1 Å². The van der Waals surface area contributed by atoms with Crippen LogP contribution in [0.2, 0.25) is 0 Å². The second-order valence-corrected chi connectivity index (χ2v) is 9.05. The minimum atomic E-state index is -0.967. The van der Waals surface area contributed by atoms with Crippen molar-refractivity contribution in [1.29, 1.82) is 0 Å². The molecule has 2 rings (SSSR count). The maximum Gasteiger partial charge on any atom is 0.331 e. The summed E-state index contributed by atoms with van der Waals surface area (Å²) >= 11 is 0. The third kappa shape index (κ3) is 8.59. The molecule has 35 heavy (non-hydrogen) atoms. The summed E-state index contributed by atoms with van der Waals surface area (Å²) in [5, 5.41) is 2.81. The number of esters is 1. The van der Waals surface area contributed by atoms with Gasteiger partial charge >= 0.3 is 5.97 Å². The number of benzene rings is 2. The summed E-state index contributed by atoms with van der Waals surface area (Å²) in [5.41, 5.74) is 1.18. The number of hydrogen-bond acceptors (Lipinski definition) is 6. The predicted molar refractivity (Wildman–Crippen MR) is 137 cm³/mol. The van der Waals surface area contributed by atoms with Crippen LogP contribution in [0.3, 0.4) is 0 Å². The van der Waals surface area contributed by atoms with E-state index in [0.717, 1.165) is 12.0 Å². The first-order chi connectivity index (χ1) is 16.5. The summed E-state index contributed by atoms with van der Waals surface area (Å²) in [6, 6.07) is 11.9. The summed E-state index contributed by atoms with van der Waals surface area (Å²) < 4.78 is 16.6. The van der Waals surface area contributed by atoms with E-state index in [-0.39, 0.29) is 11.7 Å². The van der Waals surface area contributed by atoms with Crippen molar-refractivity contribution in [1.82, 2.24) is 0 Å². The summed E-state index contributed by atoms with van der Waals surface area (Å²) in [4.78, 5) is 37.1. The van der Waals surface area contributed by atoms with Crippen molar-refractivity contribution in [3.8, 4) is 11.5 Å². The molecule has 7 nitrogen and oxygen atoms in total. The van der Waals surface area contributed by atoms with E-state index in [1.807, 2.05) is 40.7 Å². The van der Waals surface area contributed by atoms with Gasteiger partial charge in [-0.25, -0.2) is 4.79 Å². The molecule has 0 saturated carbocycles. The van der Waals surface area contributed by atoms with Crippen LogP contribution in [0.4, 0.5) is 5.69 Å². The molecule has 7 heteroatoms. The number of ketones is 1. The highest BCUT2D eigenvalue weighted by Crippen LogP contribution is 2.29. The van der Waals surface area contributed by atoms with Crippen molar-refractivity contribution in [2.24, 2.45) is 5.41 Å². The molecular weight excluding hydrogens is 446 g/mol. The molecule has 0 heterocycles. The van der Waals surface area contributed by atoms with E-state index in [1.165, 1.54) is 13.0 Å². The topological polar surface area (TPSA) is 90.9 Å². The molecule has 1 unspecified atom stereocenters. The zero-order valence-electron chi connectivity index (χ0n) is 21.3. The Balaban J connectivity index is 1.98. The van der Waals surface area contributed by atoms with Crippen LogP contribution in [0, 0.1) is 5.41 Å². The fourth-order valence-electron chi connectivity index (χ4n) is 2.93. The average Bonchev–Trinajstić information content (AvgIpc) is 2.81. The average molecular weight is 482 g/mol. The highest BCUT2D eigenvalue weighted by Gasteiger charge is 2.22. The van der Waals surface area contributed by atoms with Crippen LogP contribution in [0.5, 0.6) is 11.5 Å². The molecule has 1 N–H and O–H groups in total. The van der Waals surface area contributed by atoms with Crippen molar-refractivity contribution >= 4 is 29.4 Å². The van der Waals surface area contributed by atoms with Gasteiger partial charge in [-0.05, 0) is 68.3 Å². The highest BCUT2D eigenvalue weighted by atomic mass is 16.5. The first kappa shape index (κ1) is 27.6. The minimum Gasteiger partial charge on any atom is -0.490 e. The Hall–Kier alpha value is -3.61. The molecule has 1 atom stereocenters. The zero-order valence-corrected chi connectivity index (χ0v) is 21.3. The number of rotatable bonds is 11. The molecule has 188 valence electrons. The third-order valence-electron chi connectivity index (χ3n) is 4.91. The molecule has 0 fully saturated rings. The highest BCUT2D eigenvalue weighted by molar-refractivity contribution is 6.01. The first-order valence-corrected chi connectivity index (χ1v) is 11.8. The lowest BCUT2D eigenvalue weighted by molar-refractivity contribution is -0.140. The van der Waals surface area contributed by atoms with Gasteiger partial charge in [-0.1, -0.05) is 33.8 Å². The molecule has 2 aromatic rings. The Morgan fingerprint density at radius 1 is 0.971 bits per heavy atom. The maximum absolute atomic E-state index is 12.7. The fourth-order valence-corrected chi connectivity index (χ4v) is 2.93. The Morgan fingerprint density at radius 3 is 2.26 bits per heavy atom. The van der Waals surface area contributed by atoms with Crippen LogP contribution < -0.4 is 14.8 Å². The second-order valence-electron chi connectivity index (χ2n) is 9.05. The minimum absolute atomic E-state index is 0.123. The van der Waals surface area contributed by atoms with Crippen LogP contribution in [0.25, 0.3) is 6.08 Å². The van der Waals surface area contributed by atoms with E-state index in [0.29, 0.717) is 36.0 Å². The molecular formula is C28H35NO6. The smallest absolute Gasteiger partial charge is 0.331 e. The number of hydrogen-bond donors (Lipinski definition) is 1. The van der Waals surface area contributed by atoms with Gasteiger partial charge in [-0.3, -0.25) is 9.59 Å². The van der Waals surface area contributed by atoms with Gasteiger partial charge in [0.15, 0.2) is 17.6 Å². The second kappa shape index (κ2) is 12.7. The van der Waals surface area contributed by atoms with Gasteiger partial charge < -0.3 is 19.5 Å². The van der Waals surface area contributed by atoms with Gasteiger partial charge in [-0.15, -0.1) is 0 Å². The number of nitrogens with one attached hydrogen (secondary N) is 1. The predicted octanol–water partition coefficient (Wildman–Crippen LogP) is 5.69. The number of amides is 1. The lowest BCUT2D eigenvalue weighted by Crippen LogP contribution is -2.27. The standard InChI is InChI=1S/C28H35NO6/c1-7-17-34-23-15-9-20(18-24(23)33-8-2)10-16-25(30)35-19(3)26(31)21-11-13-22(14-12-21)29-27(32)28(4,5)6/h9-16,18-19H,7-8,17H2,1-6H3,(H,29,32)/b16-10+. The Kier molecular flexibility index (Phi) is 10.1. The van der Waals surface area contributed by atoms with Crippen LogP contribution in [-0.2, 0) is 14.3 Å². The number of carbonyl (C=O) groups is 3.